The van der Waals surface area contributed by atoms with Crippen LogP contribution in [0.4, 0.5) is 0 Å². The number of hydrogen-bond acceptors (Lipinski definition) is 6. The quantitative estimate of drug-likeness (QED) is 0.731. The van der Waals surface area contributed by atoms with E-state index in [-0.39, 0.29) is 5.97 Å². The SMILES string of the molecule is COC(=O)C1=C(C)N2CCS[C@]2(C)[C@@H](C(=O)OC)[C@@H]1c1cccc(Cl)c1. The van der Waals surface area contributed by atoms with Crippen LogP contribution >= 0.6 is 23.4 Å². The Morgan fingerprint density at radius 1 is 1.31 bits per heavy atom. The number of fused-ring (bicyclic) bond motifs is 1. The Labute approximate surface area is 162 Å². The van der Waals surface area contributed by atoms with Gasteiger partial charge in [0.15, 0.2) is 0 Å². The summed E-state index contributed by atoms with van der Waals surface area (Å²) in [4.78, 5) is 27.2. The van der Waals surface area contributed by atoms with Gasteiger partial charge in [-0.15, -0.1) is 11.8 Å². The molecule has 2 aliphatic heterocycles. The van der Waals surface area contributed by atoms with Crippen molar-refractivity contribution < 1.29 is 19.1 Å². The van der Waals surface area contributed by atoms with Gasteiger partial charge >= 0.3 is 11.9 Å². The molecule has 1 saturated heterocycles. The second kappa shape index (κ2) is 7.16. The molecule has 2 aliphatic rings. The summed E-state index contributed by atoms with van der Waals surface area (Å²) in [5.41, 5.74) is 2.14. The molecule has 0 unspecified atom stereocenters. The van der Waals surface area contributed by atoms with E-state index in [4.69, 9.17) is 21.1 Å². The molecule has 140 valence electrons. The van der Waals surface area contributed by atoms with Crippen LogP contribution in [0.25, 0.3) is 0 Å². The van der Waals surface area contributed by atoms with Gasteiger partial charge in [0.05, 0.1) is 24.7 Å². The lowest BCUT2D eigenvalue weighted by atomic mass is 9.72. The number of carbonyl (C=O) groups is 2. The summed E-state index contributed by atoms with van der Waals surface area (Å²) in [5.74, 6) is -0.944. The number of ether oxygens (including phenoxy) is 2. The highest BCUT2D eigenvalue weighted by Crippen LogP contribution is 2.55. The van der Waals surface area contributed by atoms with Crippen molar-refractivity contribution in [3.8, 4) is 0 Å². The molecule has 3 atom stereocenters. The molecule has 0 aromatic heterocycles. The summed E-state index contributed by atoms with van der Waals surface area (Å²) in [6.07, 6.45) is 0. The zero-order valence-corrected chi connectivity index (χ0v) is 16.8. The Morgan fingerprint density at radius 3 is 2.65 bits per heavy atom. The first-order valence-electron chi connectivity index (χ1n) is 8.39. The number of carbonyl (C=O) groups excluding carboxylic acids is 2. The Balaban J connectivity index is 2.28. The summed E-state index contributed by atoms with van der Waals surface area (Å²) in [6, 6.07) is 7.29. The molecular weight excluding hydrogens is 374 g/mol. The molecule has 1 aromatic rings. The lowest BCUT2D eigenvalue weighted by molar-refractivity contribution is -0.150. The van der Waals surface area contributed by atoms with Gasteiger partial charge in [0.25, 0.3) is 0 Å². The van der Waals surface area contributed by atoms with Gasteiger partial charge in [-0.25, -0.2) is 4.79 Å². The normalized spacial score (nSPS) is 28.0. The summed E-state index contributed by atoms with van der Waals surface area (Å²) in [6.45, 7) is 4.73. The summed E-state index contributed by atoms with van der Waals surface area (Å²) in [5, 5.41) is 0.555. The minimum Gasteiger partial charge on any atom is -0.469 e. The maximum Gasteiger partial charge on any atom is 0.336 e. The molecule has 26 heavy (non-hydrogen) atoms. The Hall–Kier alpha value is -1.66. The Morgan fingerprint density at radius 2 is 2.04 bits per heavy atom. The van der Waals surface area contributed by atoms with Gasteiger partial charge < -0.3 is 14.4 Å². The average Bonchev–Trinajstić information content (AvgIpc) is 3.03. The molecule has 0 radical (unpaired) electrons. The number of halogens is 1. The summed E-state index contributed by atoms with van der Waals surface area (Å²) in [7, 11) is 2.74. The second-order valence-electron chi connectivity index (χ2n) is 6.58. The number of methoxy groups -OCH3 is 2. The molecular formula is C19H22ClNO4S. The third-order valence-corrected chi connectivity index (χ3v) is 7.01. The minimum absolute atomic E-state index is 0.342. The fourth-order valence-corrected chi connectivity index (χ4v) is 5.86. The van der Waals surface area contributed by atoms with Crippen molar-refractivity contribution in [2.45, 2.75) is 24.6 Å². The highest BCUT2D eigenvalue weighted by atomic mass is 35.5. The van der Waals surface area contributed by atoms with Crippen molar-refractivity contribution in [1.29, 1.82) is 0 Å². The number of rotatable bonds is 3. The van der Waals surface area contributed by atoms with Crippen LogP contribution in [-0.4, -0.2) is 48.2 Å². The first-order chi connectivity index (χ1) is 12.3. The van der Waals surface area contributed by atoms with Crippen LogP contribution in [-0.2, 0) is 19.1 Å². The zero-order valence-electron chi connectivity index (χ0n) is 15.2. The molecule has 0 amide bonds. The van der Waals surface area contributed by atoms with Crippen LogP contribution in [0.1, 0.15) is 25.3 Å². The van der Waals surface area contributed by atoms with E-state index in [1.165, 1.54) is 14.2 Å². The van der Waals surface area contributed by atoms with E-state index < -0.39 is 22.7 Å². The molecule has 0 bridgehead atoms. The van der Waals surface area contributed by atoms with Crippen LogP contribution in [0.2, 0.25) is 5.02 Å². The van der Waals surface area contributed by atoms with E-state index >= 15 is 0 Å². The van der Waals surface area contributed by atoms with Crippen LogP contribution < -0.4 is 0 Å². The van der Waals surface area contributed by atoms with E-state index in [9.17, 15) is 9.59 Å². The van der Waals surface area contributed by atoms with Gasteiger partial charge in [0, 0.05) is 28.9 Å². The van der Waals surface area contributed by atoms with E-state index in [0.29, 0.717) is 10.6 Å². The van der Waals surface area contributed by atoms with E-state index in [1.807, 2.05) is 26.0 Å². The highest BCUT2D eigenvalue weighted by molar-refractivity contribution is 8.00. The average molecular weight is 396 g/mol. The molecule has 1 aromatic carbocycles. The zero-order chi connectivity index (χ0) is 19.1. The van der Waals surface area contributed by atoms with E-state index in [2.05, 4.69) is 4.90 Å². The monoisotopic (exact) mass is 395 g/mol. The van der Waals surface area contributed by atoms with Crippen LogP contribution in [0, 0.1) is 5.92 Å². The van der Waals surface area contributed by atoms with Gasteiger partial charge in [-0.2, -0.15) is 0 Å². The summed E-state index contributed by atoms with van der Waals surface area (Å²) < 4.78 is 10.2. The van der Waals surface area contributed by atoms with Crippen LogP contribution in [0.3, 0.4) is 0 Å². The molecule has 5 nitrogen and oxygen atoms in total. The molecule has 0 aliphatic carbocycles. The van der Waals surface area contributed by atoms with Gasteiger partial charge in [-0.1, -0.05) is 23.7 Å². The lowest BCUT2D eigenvalue weighted by Gasteiger charge is -2.49. The first kappa shape index (κ1) is 19.1. The molecule has 0 spiro atoms. The van der Waals surface area contributed by atoms with Crippen molar-refractivity contribution >= 4 is 35.3 Å². The van der Waals surface area contributed by atoms with Gasteiger partial charge in [-0.05, 0) is 31.5 Å². The van der Waals surface area contributed by atoms with Gasteiger partial charge in [0.1, 0.15) is 5.92 Å². The van der Waals surface area contributed by atoms with Crippen molar-refractivity contribution in [2.75, 3.05) is 26.5 Å². The lowest BCUT2D eigenvalue weighted by Crippen LogP contribution is -2.55. The van der Waals surface area contributed by atoms with Crippen molar-refractivity contribution in [3.63, 3.8) is 0 Å². The molecule has 7 heteroatoms. The third-order valence-electron chi connectivity index (χ3n) is 5.33. The highest BCUT2D eigenvalue weighted by Gasteiger charge is 2.57. The fourth-order valence-electron chi connectivity index (χ4n) is 4.17. The van der Waals surface area contributed by atoms with Crippen LogP contribution in [0.5, 0.6) is 0 Å². The van der Waals surface area contributed by atoms with E-state index in [1.54, 1.807) is 23.9 Å². The number of esters is 2. The summed E-state index contributed by atoms with van der Waals surface area (Å²) >= 11 is 7.92. The smallest absolute Gasteiger partial charge is 0.336 e. The number of benzene rings is 1. The number of hydrogen-bond donors (Lipinski definition) is 0. The van der Waals surface area contributed by atoms with E-state index in [0.717, 1.165) is 23.6 Å². The third kappa shape index (κ3) is 2.89. The van der Waals surface area contributed by atoms with Crippen molar-refractivity contribution in [3.05, 3.63) is 46.1 Å². The Kier molecular flexibility index (Phi) is 5.26. The molecule has 3 rings (SSSR count). The predicted octanol–water partition coefficient (Wildman–Crippen LogP) is 3.44. The van der Waals surface area contributed by atoms with Crippen molar-refractivity contribution in [2.24, 2.45) is 5.92 Å². The van der Waals surface area contributed by atoms with Crippen molar-refractivity contribution in [1.82, 2.24) is 4.90 Å². The molecule has 2 heterocycles. The second-order valence-corrected chi connectivity index (χ2v) is 8.54. The fraction of sp³-hybridized carbons (Fsp3) is 0.474. The molecule has 0 N–H and O–H groups in total. The maximum absolute atomic E-state index is 12.9. The number of nitrogens with zero attached hydrogens (tertiary/aromatic N) is 1. The Bertz CT molecular complexity index is 781. The number of allylic oxidation sites excluding steroid dienone is 1. The maximum atomic E-state index is 12.9. The topological polar surface area (TPSA) is 55.8 Å². The van der Waals surface area contributed by atoms with Gasteiger partial charge in [0.2, 0.25) is 0 Å². The van der Waals surface area contributed by atoms with Gasteiger partial charge in [-0.3, -0.25) is 4.79 Å². The minimum atomic E-state index is -0.559. The predicted molar refractivity (Wildman–Crippen MR) is 102 cm³/mol. The van der Waals surface area contributed by atoms with Crippen LogP contribution in [0.15, 0.2) is 35.5 Å². The molecule has 1 fully saturated rings. The molecule has 0 saturated carbocycles. The number of thioether (sulfide) groups is 1. The standard InChI is InChI=1S/C19H22ClNO4S/c1-11-14(17(22)24-3)15(12-6-5-7-13(20)10-12)16(18(23)25-4)19(2)21(11)8-9-26-19/h5-7,10,15-16H,8-9H2,1-4H3/t15-,16-,19-/m1/s1. The first-order valence-corrected chi connectivity index (χ1v) is 9.75. The largest absolute Gasteiger partial charge is 0.469 e.